The average molecular weight is 462 g/mol. The summed E-state index contributed by atoms with van der Waals surface area (Å²) in [5, 5.41) is 0. The van der Waals surface area contributed by atoms with Gasteiger partial charge in [-0.3, -0.25) is 4.79 Å². The van der Waals surface area contributed by atoms with Gasteiger partial charge in [0.15, 0.2) is 0 Å². The van der Waals surface area contributed by atoms with Crippen molar-refractivity contribution in [3.8, 4) is 11.5 Å². The smallest absolute Gasteiger partial charge is 0.339 e. The van der Waals surface area contributed by atoms with Gasteiger partial charge in [0, 0.05) is 31.7 Å². The molecule has 1 atom stereocenters. The Morgan fingerprint density at radius 1 is 1.16 bits per heavy atom. The summed E-state index contributed by atoms with van der Waals surface area (Å²) in [7, 11) is -2.53. The molecular weight excluding hydrogens is 430 g/mol. The van der Waals surface area contributed by atoms with Crippen molar-refractivity contribution in [2.24, 2.45) is 5.92 Å². The minimum absolute atomic E-state index is 0.00206. The van der Waals surface area contributed by atoms with Crippen LogP contribution in [0.3, 0.4) is 0 Å². The molecule has 7 nitrogen and oxygen atoms in total. The molecule has 0 saturated carbocycles. The van der Waals surface area contributed by atoms with E-state index in [1.165, 1.54) is 19.2 Å². The van der Waals surface area contributed by atoms with E-state index in [0.29, 0.717) is 30.9 Å². The number of carbonyl (C=O) groups excluding carboxylic acids is 1. The van der Waals surface area contributed by atoms with Gasteiger partial charge in [-0.1, -0.05) is 32.0 Å². The van der Waals surface area contributed by atoms with E-state index in [-0.39, 0.29) is 35.1 Å². The second-order valence-electron chi connectivity index (χ2n) is 8.33. The fraction of sp³-hybridized carbons (Fsp3) is 0.458. The summed E-state index contributed by atoms with van der Waals surface area (Å²) in [5.74, 6) is 0.996. The normalized spacial score (nSPS) is 16.2. The molecule has 0 bridgehead atoms. The van der Waals surface area contributed by atoms with Gasteiger partial charge in [-0.05, 0) is 49.1 Å². The van der Waals surface area contributed by atoms with Crippen molar-refractivity contribution in [2.45, 2.75) is 50.7 Å². The Morgan fingerprint density at radius 2 is 1.88 bits per heavy atom. The SMILES string of the molecule is COc1ccc(S(=O)(=O)Oc2ccccc2CN(CC2CCCO2)C(=O)CC(C)C)cc1. The Labute approximate surface area is 190 Å². The number of methoxy groups -OCH3 is 1. The molecule has 1 aliphatic heterocycles. The number of nitrogens with zero attached hydrogens (tertiary/aromatic N) is 1. The summed E-state index contributed by atoms with van der Waals surface area (Å²) in [6.07, 6.45) is 2.31. The molecule has 1 saturated heterocycles. The van der Waals surface area contributed by atoms with Crippen LogP contribution in [0.5, 0.6) is 11.5 Å². The zero-order valence-corrected chi connectivity index (χ0v) is 19.6. The lowest BCUT2D eigenvalue weighted by molar-refractivity contribution is -0.134. The highest BCUT2D eigenvalue weighted by Gasteiger charge is 2.25. The molecule has 32 heavy (non-hydrogen) atoms. The third-order valence-electron chi connectivity index (χ3n) is 5.26. The first-order chi connectivity index (χ1) is 15.3. The number of rotatable bonds is 10. The number of hydrogen-bond donors (Lipinski definition) is 0. The lowest BCUT2D eigenvalue weighted by atomic mass is 10.1. The standard InChI is InChI=1S/C24H31NO6S/c1-18(2)15-24(26)25(17-21-8-6-14-30-21)16-19-7-4-5-9-23(19)31-32(27,28)22-12-10-20(29-3)11-13-22/h4-5,7,9-13,18,21H,6,8,14-17H2,1-3H3. The molecule has 2 aromatic rings. The van der Waals surface area contributed by atoms with Crippen LogP contribution in [-0.4, -0.2) is 45.6 Å². The Kier molecular flexibility index (Phi) is 8.15. The number of para-hydroxylation sites is 1. The molecule has 0 aliphatic carbocycles. The Bertz CT molecular complexity index is 997. The second-order valence-corrected chi connectivity index (χ2v) is 9.87. The molecule has 1 amide bonds. The Balaban J connectivity index is 1.81. The molecule has 8 heteroatoms. The zero-order valence-electron chi connectivity index (χ0n) is 18.8. The van der Waals surface area contributed by atoms with Crippen molar-refractivity contribution in [1.29, 1.82) is 0 Å². The van der Waals surface area contributed by atoms with E-state index in [0.717, 1.165) is 12.8 Å². The maximum absolute atomic E-state index is 12.9. The van der Waals surface area contributed by atoms with Gasteiger partial charge in [-0.15, -0.1) is 0 Å². The number of carbonyl (C=O) groups is 1. The van der Waals surface area contributed by atoms with Crippen LogP contribution in [0.15, 0.2) is 53.4 Å². The first kappa shape index (κ1) is 24.1. The minimum atomic E-state index is -4.04. The molecule has 2 aromatic carbocycles. The predicted molar refractivity (Wildman–Crippen MR) is 121 cm³/mol. The molecule has 1 fully saturated rings. The fourth-order valence-corrected chi connectivity index (χ4v) is 4.56. The Hall–Kier alpha value is -2.58. The molecule has 0 N–H and O–H groups in total. The van der Waals surface area contributed by atoms with E-state index >= 15 is 0 Å². The summed E-state index contributed by atoms with van der Waals surface area (Å²) in [4.78, 5) is 14.7. The molecule has 0 radical (unpaired) electrons. The third kappa shape index (κ3) is 6.46. The van der Waals surface area contributed by atoms with Crippen LogP contribution < -0.4 is 8.92 Å². The highest BCUT2D eigenvalue weighted by atomic mass is 32.2. The summed E-state index contributed by atoms with van der Waals surface area (Å²) in [6, 6.07) is 12.9. The Morgan fingerprint density at radius 3 is 2.50 bits per heavy atom. The highest BCUT2D eigenvalue weighted by Crippen LogP contribution is 2.26. The maximum atomic E-state index is 12.9. The van der Waals surface area contributed by atoms with Crippen LogP contribution in [0.25, 0.3) is 0 Å². The van der Waals surface area contributed by atoms with Gasteiger partial charge in [0.1, 0.15) is 16.4 Å². The van der Waals surface area contributed by atoms with E-state index in [1.54, 1.807) is 41.3 Å². The van der Waals surface area contributed by atoms with Gasteiger partial charge in [-0.2, -0.15) is 8.42 Å². The molecule has 0 spiro atoms. The first-order valence-corrected chi connectivity index (χ1v) is 12.2. The summed E-state index contributed by atoms with van der Waals surface area (Å²) >= 11 is 0. The van der Waals surface area contributed by atoms with Crippen LogP contribution in [0, 0.1) is 5.92 Å². The van der Waals surface area contributed by atoms with Gasteiger partial charge in [0.2, 0.25) is 5.91 Å². The van der Waals surface area contributed by atoms with Crippen LogP contribution in [0.4, 0.5) is 0 Å². The summed E-state index contributed by atoms with van der Waals surface area (Å²) in [6.45, 7) is 5.43. The van der Waals surface area contributed by atoms with Gasteiger partial charge >= 0.3 is 10.1 Å². The van der Waals surface area contributed by atoms with Crippen molar-refractivity contribution in [3.63, 3.8) is 0 Å². The van der Waals surface area contributed by atoms with Gasteiger partial charge in [0.25, 0.3) is 0 Å². The van der Waals surface area contributed by atoms with E-state index in [9.17, 15) is 13.2 Å². The van der Waals surface area contributed by atoms with Crippen molar-refractivity contribution in [2.75, 3.05) is 20.3 Å². The van der Waals surface area contributed by atoms with Crippen LogP contribution >= 0.6 is 0 Å². The third-order valence-corrected chi connectivity index (χ3v) is 6.51. The van der Waals surface area contributed by atoms with Crippen molar-refractivity contribution in [3.05, 3.63) is 54.1 Å². The molecular formula is C24H31NO6S. The quantitative estimate of drug-likeness (QED) is 0.497. The maximum Gasteiger partial charge on any atom is 0.339 e. The van der Waals surface area contributed by atoms with E-state index in [1.807, 2.05) is 13.8 Å². The molecule has 3 rings (SSSR count). The van der Waals surface area contributed by atoms with Gasteiger partial charge < -0.3 is 18.6 Å². The molecule has 1 heterocycles. The average Bonchev–Trinajstić information content (AvgIpc) is 3.27. The minimum Gasteiger partial charge on any atom is -0.497 e. The van der Waals surface area contributed by atoms with E-state index in [4.69, 9.17) is 13.7 Å². The topological polar surface area (TPSA) is 82.1 Å². The number of hydrogen-bond acceptors (Lipinski definition) is 6. The monoisotopic (exact) mass is 461 g/mol. The van der Waals surface area contributed by atoms with E-state index < -0.39 is 10.1 Å². The lowest BCUT2D eigenvalue weighted by Crippen LogP contribution is -2.37. The summed E-state index contributed by atoms with van der Waals surface area (Å²) in [5.41, 5.74) is 0.625. The summed E-state index contributed by atoms with van der Waals surface area (Å²) < 4.78 is 42.0. The number of benzene rings is 2. The fourth-order valence-electron chi connectivity index (χ4n) is 3.60. The second kappa shape index (κ2) is 10.8. The number of ether oxygens (including phenoxy) is 2. The van der Waals surface area contributed by atoms with Crippen LogP contribution in [0.1, 0.15) is 38.7 Å². The molecule has 0 aromatic heterocycles. The van der Waals surface area contributed by atoms with Crippen LogP contribution in [0.2, 0.25) is 0 Å². The molecule has 1 aliphatic rings. The number of amides is 1. The van der Waals surface area contributed by atoms with Crippen molar-refractivity contribution >= 4 is 16.0 Å². The molecule has 174 valence electrons. The van der Waals surface area contributed by atoms with Gasteiger partial charge in [-0.25, -0.2) is 0 Å². The predicted octanol–water partition coefficient (Wildman–Crippen LogP) is 4.02. The van der Waals surface area contributed by atoms with Crippen molar-refractivity contribution < 1.29 is 26.9 Å². The lowest BCUT2D eigenvalue weighted by Gasteiger charge is -2.27. The zero-order chi connectivity index (χ0) is 23.1. The first-order valence-electron chi connectivity index (χ1n) is 10.8. The van der Waals surface area contributed by atoms with E-state index in [2.05, 4.69) is 0 Å². The highest BCUT2D eigenvalue weighted by molar-refractivity contribution is 7.87. The molecule has 1 unspecified atom stereocenters. The van der Waals surface area contributed by atoms with Gasteiger partial charge in [0.05, 0.1) is 13.2 Å². The largest absolute Gasteiger partial charge is 0.497 e. The van der Waals surface area contributed by atoms with Crippen LogP contribution in [-0.2, 0) is 26.2 Å². The van der Waals surface area contributed by atoms with Crippen molar-refractivity contribution in [1.82, 2.24) is 4.90 Å².